The molecule has 5 rings (SSSR count). The summed E-state index contributed by atoms with van der Waals surface area (Å²) < 4.78 is 42.0. The molecule has 6 nitrogen and oxygen atoms in total. The fraction of sp³-hybridized carbons (Fsp3) is 0.192. The van der Waals surface area contributed by atoms with Gasteiger partial charge in [0, 0.05) is 40.4 Å². The quantitative estimate of drug-likeness (QED) is 0.359. The third-order valence-electron chi connectivity index (χ3n) is 6.36. The van der Waals surface area contributed by atoms with Crippen LogP contribution in [0.2, 0.25) is 0 Å². The minimum Gasteiger partial charge on any atom is -0.465 e. The Labute approximate surface area is 207 Å². The topological polar surface area (TPSA) is 79.6 Å². The van der Waals surface area contributed by atoms with Crippen LogP contribution in [0.4, 0.5) is 9.18 Å². The summed E-state index contributed by atoms with van der Waals surface area (Å²) in [6, 6.07) is 18.2. The van der Waals surface area contributed by atoms with Gasteiger partial charge in [0.25, 0.3) is 10.0 Å². The molecule has 1 saturated heterocycles. The number of carbonyl (C=O) groups is 1. The summed E-state index contributed by atoms with van der Waals surface area (Å²) >= 11 is 1.37. The van der Waals surface area contributed by atoms with Crippen molar-refractivity contribution >= 4 is 38.8 Å². The monoisotopic (exact) mass is 510 g/mol. The van der Waals surface area contributed by atoms with E-state index in [9.17, 15) is 22.7 Å². The van der Waals surface area contributed by atoms with Crippen molar-refractivity contribution in [3.8, 4) is 0 Å². The summed E-state index contributed by atoms with van der Waals surface area (Å²) in [6.07, 6.45) is 1.43. The SMILES string of the molecule is Cc1cc(Sc2cn(S(=O)(=O)c3ccccc3)c3ccc(F)cc23)ccc1C1CCN(C(=O)O)C1. The molecule has 1 fully saturated rings. The van der Waals surface area contributed by atoms with Gasteiger partial charge in [0.2, 0.25) is 0 Å². The van der Waals surface area contributed by atoms with E-state index in [1.807, 2.05) is 25.1 Å². The highest BCUT2D eigenvalue weighted by Gasteiger charge is 2.28. The van der Waals surface area contributed by atoms with Crippen molar-refractivity contribution < 1.29 is 22.7 Å². The van der Waals surface area contributed by atoms with E-state index >= 15 is 0 Å². The Morgan fingerprint density at radius 1 is 1.09 bits per heavy atom. The summed E-state index contributed by atoms with van der Waals surface area (Å²) in [6.45, 7) is 3.00. The summed E-state index contributed by atoms with van der Waals surface area (Å²) in [4.78, 5) is 14.4. The van der Waals surface area contributed by atoms with Gasteiger partial charge in [0.1, 0.15) is 5.82 Å². The van der Waals surface area contributed by atoms with Crippen LogP contribution >= 0.6 is 11.8 Å². The van der Waals surface area contributed by atoms with Gasteiger partial charge >= 0.3 is 6.09 Å². The molecule has 35 heavy (non-hydrogen) atoms. The van der Waals surface area contributed by atoms with Gasteiger partial charge in [-0.3, -0.25) is 0 Å². The van der Waals surface area contributed by atoms with Crippen LogP contribution in [0.3, 0.4) is 0 Å². The Balaban J connectivity index is 1.50. The molecule has 180 valence electrons. The highest BCUT2D eigenvalue weighted by molar-refractivity contribution is 7.99. The first-order valence-corrected chi connectivity index (χ1v) is 13.4. The molecular formula is C26H23FN2O4S2. The lowest BCUT2D eigenvalue weighted by molar-refractivity contribution is 0.155. The average molecular weight is 511 g/mol. The van der Waals surface area contributed by atoms with Gasteiger partial charge in [0.05, 0.1) is 10.4 Å². The Kier molecular flexibility index (Phi) is 6.06. The molecule has 3 aromatic carbocycles. The van der Waals surface area contributed by atoms with E-state index in [-0.39, 0.29) is 10.8 Å². The number of aryl methyl sites for hydroxylation is 1. The van der Waals surface area contributed by atoms with Crippen molar-refractivity contribution in [2.24, 2.45) is 0 Å². The van der Waals surface area contributed by atoms with E-state index in [4.69, 9.17) is 0 Å². The lowest BCUT2D eigenvalue weighted by Gasteiger charge is -2.15. The van der Waals surface area contributed by atoms with Crippen LogP contribution in [-0.2, 0) is 10.0 Å². The molecule has 1 aliphatic rings. The molecule has 4 aromatic rings. The summed E-state index contributed by atoms with van der Waals surface area (Å²) in [5.74, 6) is -0.290. The Morgan fingerprint density at radius 3 is 2.54 bits per heavy atom. The van der Waals surface area contributed by atoms with Gasteiger partial charge in [-0.25, -0.2) is 21.6 Å². The number of aromatic nitrogens is 1. The van der Waals surface area contributed by atoms with Gasteiger partial charge in [0.15, 0.2) is 0 Å². The zero-order chi connectivity index (χ0) is 24.7. The molecule has 9 heteroatoms. The summed E-state index contributed by atoms with van der Waals surface area (Å²) in [7, 11) is -3.86. The van der Waals surface area contributed by atoms with Crippen molar-refractivity contribution in [2.45, 2.75) is 33.9 Å². The van der Waals surface area contributed by atoms with Gasteiger partial charge in [-0.2, -0.15) is 0 Å². The standard InChI is InChI=1S/C26H23FN2O4S2/c1-17-13-20(8-9-22(17)18-11-12-28(15-18)26(30)31)34-25-16-29(24-10-7-19(27)14-23(24)25)35(32,33)21-5-3-2-4-6-21/h2-10,13-14,16,18H,11-12,15H2,1H3,(H,30,31). The maximum Gasteiger partial charge on any atom is 0.407 e. The molecule has 1 N–H and O–H groups in total. The van der Waals surface area contributed by atoms with E-state index in [0.717, 1.165) is 22.4 Å². The third-order valence-corrected chi connectivity index (χ3v) is 9.09. The van der Waals surface area contributed by atoms with E-state index < -0.39 is 21.9 Å². The van der Waals surface area contributed by atoms with Crippen LogP contribution in [0.5, 0.6) is 0 Å². The maximum absolute atomic E-state index is 14.1. The molecule has 0 saturated carbocycles. The molecule has 2 heterocycles. The van der Waals surface area contributed by atoms with Gasteiger partial charge < -0.3 is 10.0 Å². The molecule has 1 aliphatic heterocycles. The molecule has 0 radical (unpaired) electrons. The lowest BCUT2D eigenvalue weighted by Crippen LogP contribution is -2.26. The highest BCUT2D eigenvalue weighted by atomic mass is 32.2. The largest absolute Gasteiger partial charge is 0.465 e. The lowest BCUT2D eigenvalue weighted by atomic mass is 9.94. The zero-order valence-corrected chi connectivity index (χ0v) is 20.5. The number of halogens is 1. The number of likely N-dealkylation sites (tertiary alicyclic amines) is 1. The van der Waals surface area contributed by atoms with Gasteiger partial charge in [-0.1, -0.05) is 36.0 Å². The number of rotatable bonds is 5. The first-order valence-electron chi connectivity index (χ1n) is 11.1. The first kappa shape index (κ1) is 23.4. The van der Waals surface area contributed by atoms with E-state index in [1.165, 1.54) is 51.0 Å². The molecule has 1 atom stereocenters. The van der Waals surface area contributed by atoms with Crippen LogP contribution in [0.1, 0.15) is 23.5 Å². The molecule has 0 spiro atoms. The molecule has 0 bridgehead atoms. The minimum atomic E-state index is -3.86. The Morgan fingerprint density at radius 2 is 1.86 bits per heavy atom. The molecule has 1 unspecified atom stereocenters. The summed E-state index contributed by atoms with van der Waals surface area (Å²) in [5, 5.41) is 9.76. The average Bonchev–Trinajstić information content (AvgIpc) is 3.46. The minimum absolute atomic E-state index is 0.150. The fourth-order valence-electron chi connectivity index (χ4n) is 4.61. The second-order valence-corrected chi connectivity index (χ2v) is 11.5. The van der Waals surface area contributed by atoms with E-state index in [2.05, 4.69) is 0 Å². The van der Waals surface area contributed by atoms with Crippen molar-refractivity contribution in [1.29, 1.82) is 0 Å². The van der Waals surface area contributed by atoms with Crippen LogP contribution in [0.15, 0.2) is 87.6 Å². The van der Waals surface area contributed by atoms with E-state index in [0.29, 0.717) is 28.9 Å². The predicted octanol–water partition coefficient (Wildman–Crippen LogP) is 5.94. The Hall–Kier alpha value is -3.30. The summed E-state index contributed by atoms with van der Waals surface area (Å²) in [5.41, 5.74) is 2.56. The maximum atomic E-state index is 14.1. The number of nitrogens with zero attached hydrogens (tertiary/aromatic N) is 2. The zero-order valence-electron chi connectivity index (χ0n) is 18.9. The molecule has 1 amide bonds. The predicted molar refractivity (Wildman–Crippen MR) is 133 cm³/mol. The normalized spacial score (nSPS) is 16.2. The van der Waals surface area contributed by atoms with Gasteiger partial charge in [-0.15, -0.1) is 0 Å². The van der Waals surface area contributed by atoms with Crippen molar-refractivity contribution in [1.82, 2.24) is 8.87 Å². The van der Waals surface area contributed by atoms with Crippen LogP contribution in [0.25, 0.3) is 10.9 Å². The highest BCUT2D eigenvalue weighted by Crippen LogP contribution is 2.39. The fourth-order valence-corrected chi connectivity index (χ4v) is 7.13. The molecular weight excluding hydrogens is 487 g/mol. The van der Waals surface area contributed by atoms with Gasteiger partial charge in [-0.05, 0) is 66.9 Å². The number of amides is 1. The van der Waals surface area contributed by atoms with Crippen LogP contribution in [0, 0.1) is 12.7 Å². The van der Waals surface area contributed by atoms with E-state index in [1.54, 1.807) is 24.4 Å². The first-order chi connectivity index (χ1) is 16.7. The Bertz CT molecular complexity index is 1530. The van der Waals surface area contributed by atoms with Crippen molar-refractivity contribution in [3.63, 3.8) is 0 Å². The smallest absolute Gasteiger partial charge is 0.407 e. The van der Waals surface area contributed by atoms with Crippen molar-refractivity contribution in [2.75, 3.05) is 13.1 Å². The number of hydrogen-bond donors (Lipinski definition) is 1. The second kappa shape index (κ2) is 9.05. The number of benzene rings is 3. The second-order valence-electron chi connectivity index (χ2n) is 8.60. The van der Waals surface area contributed by atoms with Crippen molar-refractivity contribution in [3.05, 3.63) is 89.9 Å². The van der Waals surface area contributed by atoms with Crippen LogP contribution in [-0.4, -0.2) is 41.6 Å². The molecule has 1 aromatic heterocycles. The number of carboxylic acid groups (broad SMARTS) is 1. The third kappa shape index (κ3) is 4.41. The number of fused-ring (bicyclic) bond motifs is 1. The number of hydrogen-bond acceptors (Lipinski definition) is 4. The molecule has 0 aliphatic carbocycles. The van der Waals surface area contributed by atoms with Crippen LogP contribution < -0.4 is 0 Å².